The molecular weight excluding hydrogens is 192 g/mol. The Labute approximate surface area is 103 Å². The van der Waals surface area contributed by atoms with Crippen LogP contribution in [0.1, 0.15) is 65.2 Å². The molecule has 0 spiro atoms. The molecule has 0 amide bonds. The van der Waals surface area contributed by atoms with Crippen LogP contribution in [0.3, 0.4) is 0 Å². The standard InChI is InChI=1S/C16H29/c1-5-9-10-14-16(13-8-4)15(11-6-2)12-7-3/h6,8,15H,2,4-5,7,9-14H2,1,3H3. The van der Waals surface area contributed by atoms with E-state index in [0.29, 0.717) is 0 Å². The maximum atomic E-state index is 3.88. The second-order valence-electron chi connectivity index (χ2n) is 4.62. The quantitative estimate of drug-likeness (QED) is 0.310. The van der Waals surface area contributed by atoms with E-state index in [1.54, 1.807) is 5.92 Å². The van der Waals surface area contributed by atoms with Gasteiger partial charge in [0.05, 0.1) is 0 Å². The molecule has 0 rings (SSSR count). The summed E-state index contributed by atoms with van der Waals surface area (Å²) >= 11 is 0. The summed E-state index contributed by atoms with van der Waals surface area (Å²) in [6.07, 6.45) is 14.3. The largest absolute Gasteiger partial charge is 0.103 e. The van der Waals surface area contributed by atoms with Crippen molar-refractivity contribution in [1.29, 1.82) is 0 Å². The van der Waals surface area contributed by atoms with E-state index in [1.807, 2.05) is 0 Å². The van der Waals surface area contributed by atoms with Gasteiger partial charge in [-0.1, -0.05) is 51.7 Å². The minimum atomic E-state index is 0.748. The molecule has 0 heterocycles. The maximum Gasteiger partial charge on any atom is -0.0170 e. The number of unbranched alkanes of at least 4 members (excludes halogenated alkanes) is 2. The zero-order valence-electron chi connectivity index (χ0n) is 11.3. The van der Waals surface area contributed by atoms with Crippen molar-refractivity contribution in [3.8, 4) is 0 Å². The van der Waals surface area contributed by atoms with Crippen LogP contribution in [-0.4, -0.2) is 0 Å². The zero-order valence-corrected chi connectivity index (χ0v) is 11.3. The molecular formula is C16H29. The van der Waals surface area contributed by atoms with Crippen molar-refractivity contribution in [2.75, 3.05) is 0 Å². The molecule has 0 saturated carbocycles. The molecule has 0 aliphatic carbocycles. The lowest BCUT2D eigenvalue weighted by Gasteiger charge is -2.24. The van der Waals surface area contributed by atoms with E-state index in [1.165, 1.54) is 38.5 Å². The van der Waals surface area contributed by atoms with Crippen molar-refractivity contribution in [2.45, 2.75) is 65.2 Å². The molecule has 0 saturated heterocycles. The van der Waals surface area contributed by atoms with Crippen molar-refractivity contribution in [3.05, 3.63) is 31.2 Å². The average molecular weight is 221 g/mol. The molecule has 93 valence electrons. The van der Waals surface area contributed by atoms with Crippen molar-refractivity contribution in [2.24, 2.45) is 5.92 Å². The average Bonchev–Trinajstić information content (AvgIpc) is 2.28. The smallest absolute Gasteiger partial charge is 0.0170 e. The lowest BCUT2D eigenvalue weighted by molar-refractivity contribution is 0.451. The number of rotatable bonds is 11. The van der Waals surface area contributed by atoms with E-state index >= 15 is 0 Å². The number of hydrogen-bond acceptors (Lipinski definition) is 0. The summed E-state index contributed by atoms with van der Waals surface area (Å²) in [6.45, 7) is 12.3. The van der Waals surface area contributed by atoms with Gasteiger partial charge < -0.3 is 0 Å². The van der Waals surface area contributed by atoms with E-state index in [-0.39, 0.29) is 0 Å². The van der Waals surface area contributed by atoms with E-state index in [4.69, 9.17) is 0 Å². The normalized spacial score (nSPS) is 12.7. The fourth-order valence-electron chi connectivity index (χ4n) is 2.30. The van der Waals surface area contributed by atoms with Crippen LogP contribution < -0.4 is 0 Å². The maximum absolute atomic E-state index is 3.88. The summed E-state index contributed by atoms with van der Waals surface area (Å²) in [5, 5.41) is 0. The van der Waals surface area contributed by atoms with Gasteiger partial charge in [0.15, 0.2) is 0 Å². The Morgan fingerprint density at radius 2 is 1.81 bits per heavy atom. The highest BCUT2D eigenvalue weighted by atomic mass is 14.2. The first-order chi connectivity index (χ1) is 7.79. The van der Waals surface area contributed by atoms with Crippen molar-refractivity contribution in [3.63, 3.8) is 0 Å². The van der Waals surface area contributed by atoms with Crippen LogP contribution in [0.4, 0.5) is 0 Å². The van der Waals surface area contributed by atoms with Gasteiger partial charge in [0.25, 0.3) is 0 Å². The molecule has 0 aliphatic heterocycles. The van der Waals surface area contributed by atoms with Crippen molar-refractivity contribution < 1.29 is 0 Å². The highest BCUT2D eigenvalue weighted by Gasteiger charge is 2.18. The van der Waals surface area contributed by atoms with Crippen LogP contribution in [0.5, 0.6) is 0 Å². The molecule has 0 aromatic rings. The molecule has 0 fully saturated rings. The Hall–Kier alpha value is -0.520. The summed E-state index contributed by atoms with van der Waals surface area (Å²) in [5.74, 6) is 2.45. The molecule has 1 atom stereocenters. The summed E-state index contributed by atoms with van der Waals surface area (Å²) in [4.78, 5) is 0. The first-order valence-electron chi connectivity index (χ1n) is 6.86. The number of hydrogen-bond donors (Lipinski definition) is 0. The van der Waals surface area contributed by atoms with Gasteiger partial charge in [-0.2, -0.15) is 0 Å². The molecule has 0 nitrogen and oxygen atoms in total. The van der Waals surface area contributed by atoms with Gasteiger partial charge in [-0.05, 0) is 37.5 Å². The summed E-state index contributed by atoms with van der Waals surface area (Å²) < 4.78 is 0. The Balaban J connectivity index is 4.18. The first kappa shape index (κ1) is 15.5. The fourth-order valence-corrected chi connectivity index (χ4v) is 2.30. The van der Waals surface area contributed by atoms with E-state index in [0.717, 1.165) is 18.8 Å². The van der Waals surface area contributed by atoms with Gasteiger partial charge in [-0.3, -0.25) is 0 Å². The van der Waals surface area contributed by atoms with Crippen molar-refractivity contribution in [1.82, 2.24) is 0 Å². The van der Waals surface area contributed by atoms with Crippen molar-refractivity contribution >= 4 is 0 Å². The third-order valence-electron chi connectivity index (χ3n) is 3.17. The Morgan fingerprint density at radius 3 is 2.31 bits per heavy atom. The van der Waals surface area contributed by atoms with Gasteiger partial charge in [0.2, 0.25) is 0 Å². The highest BCUT2D eigenvalue weighted by molar-refractivity contribution is 5.02. The zero-order chi connectivity index (χ0) is 12.2. The Morgan fingerprint density at radius 1 is 1.06 bits per heavy atom. The lowest BCUT2D eigenvalue weighted by atomic mass is 9.80. The molecule has 0 aliphatic rings. The van der Waals surface area contributed by atoms with E-state index < -0.39 is 0 Å². The lowest BCUT2D eigenvalue weighted by Crippen LogP contribution is -2.12. The minimum Gasteiger partial charge on any atom is -0.103 e. The number of allylic oxidation sites excluding steroid dienone is 2. The SMILES string of the molecule is C=CC[C](CCCCC)C(CC=C)CCC. The van der Waals surface area contributed by atoms with Gasteiger partial charge in [-0.15, -0.1) is 13.2 Å². The molecule has 0 aromatic heterocycles. The van der Waals surface area contributed by atoms with Crippen LogP contribution in [-0.2, 0) is 0 Å². The summed E-state index contributed by atoms with van der Waals surface area (Å²) in [5.41, 5.74) is 0. The Bertz CT molecular complexity index is 169. The molecule has 1 unspecified atom stereocenters. The third-order valence-corrected chi connectivity index (χ3v) is 3.17. The second-order valence-corrected chi connectivity index (χ2v) is 4.62. The fraction of sp³-hybridized carbons (Fsp3) is 0.688. The summed E-state index contributed by atoms with van der Waals surface area (Å²) in [7, 11) is 0. The minimum absolute atomic E-state index is 0.748. The predicted octanol–water partition coefficient (Wildman–Crippen LogP) is 5.71. The molecule has 0 bridgehead atoms. The molecule has 16 heavy (non-hydrogen) atoms. The second kappa shape index (κ2) is 11.0. The monoisotopic (exact) mass is 221 g/mol. The van der Waals surface area contributed by atoms with Crippen LogP contribution >= 0.6 is 0 Å². The Kier molecular flexibility index (Phi) is 10.6. The van der Waals surface area contributed by atoms with Crippen LogP contribution in [0, 0.1) is 11.8 Å². The van der Waals surface area contributed by atoms with E-state index in [2.05, 4.69) is 39.2 Å². The molecule has 1 radical (unpaired) electrons. The van der Waals surface area contributed by atoms with Gasteiger partial charge in [0.1, 0.15) is 0 Å². The third kappa shape index (κ3) is 6.87. The summed E-state index contributed by atoms with van der Waals surface area (Å²) in [6, 6.07) is 0. The molecule has 0 aromatic carbocycles. The molecule has 0 heteroatoms. The van der Waals surface area contributed by atoms with Gasteiger partial charge >= 0.3 is 0 Å². The van der Waals surface area contributed by atoms with Crippen LogP contribution in [0.2, 0.25) is 0 Å². The topological polar surface area (TPSA) is 0 Å². The first-order valence-corrected chi connectivity index (χ1v) is 6.86. The molecule has 0 N–H and O–H groups in total. The van der Waals surface area contributed by atoms with Gasteiger partial charge in [-0.25, -0.2) is 0 Å². The van der Waals surface area contributed by atoms with Crippen LogP contribution in [0.15, 0.2) is 25.3 Å². The highest BCUT2D eigenvalue weighted by Crippen LogP contribution is 2.31. The van der Waals surface area contributed by atoms with Crippen LogP contribution in [0.25, 0.3) is 0 Å². The predicted molar refractivity (Wildman–Crippen MR) is 75.4 cm³/mol. The van der Waals surface area contributed by atoms with E-state index in [9.17, 15) is 0 Å². The van der Waals surface area contributed by atoms with Gasteiger partial charge in [0, 0.05) is 0 Å².